The van der Waals surface area contributed by atoms with Gasteiger partial charge in [0.05, 0.1) is 17.4 Å². The fourth-order valence-corrected chi connectivity index (χ4v) is 2.13. The highest BCUT2D eigenvalue weighted by Crippen LogP contribution is 2.29. The van der Waals surface area contributed by atoms with Crippen molar-refractivity contribution in [2.75, 3.05) is 0 Å². The number of nitrogens with one attached hydrogen (secondary N) is 2. The van der Waals surface area contributed by atoms with Gasteiger partial charge < -0.3 is 14.7 Å². The van der Waals surface area contributed by atoms with Crippen LogP contribution in [-0.2, 0) is 0 Å². The van der Waals surface area contributed by atoms with Crippen LogP contribution in [-0.4, -0.2) is 26.5 Å². The second kappa shape index (κ2) is 5.34. The fraction of sp³-hybridized carbons (Fsp3) is 0.0833. The minimum Gasteiger partial charge on any atom is -0.414 e. The maximum Gasteiger partial charge on any atom is 0.388 e. The molecule has 2 N–H and O–H groups in total. The van der Waals surface area contributed by atoms with Crippen LogP contribution >= 0.6 is 11.6 Å². The highest BCUT2D eigenvalue weighted by atomic mass is 35.5. The quantitative estimate of drug-likeness (QED) is 0.773. The summed E-state index contributed by atoms with van der Waals surface area (Å²) in [5, 5.41) is -0.381. The Bertz CT molecular complexity index is 909. The molecule has 0 bridgehead atoms. The van der Waals surface area contributed by atoms with E-state index in [4.69, 9.17) is 11.6 Å². The number of fused-ring (bicyclic) bond motifs is 1. The molecular weight excluding hydrogens is 325 g/mol. The maximum atomic E-state index is 13.6. The van der Waals surface area contributed by atoms with Gasteiger partial charge >= 0.3 is 12.3 Å². The number of benzene rings is 1. The number of ether oxygens (including phenoxy) is 1. The topological polar surface area (TPSA) is 83.7 Å². The van der Waals surface area contributed by atoms with Crippen LogP contribution in [0.25, 0.3) is 22.3 Å². The van der Waals surface area contributed by atoms with Crippen molar-refractivity contribution in [2.45, 2.75) is 6.61 Å². The normalized spacial score (nSPS) is 11.3. The molecule has 0 saturated heterocycles. The summed E-state index contributed by atoms with van der Waals surface area (Å²) >= 11 is 5.73. The number of nitrogens with zero attached hydrogens (tertiary/aromatic N) is 2. The molecule has 0 atom stereocenters. The molecular formula is C12H6ClF3N4O2. The summed E-state index contributed by atoms with van der Waals surface area (Å²) in [5.41, 5.74) is 0.0175. The molecule has 1 aromatic carbocycles. The minimum absolute atomic E-state index is 0.0340. The van der Waals surface area contributed by atoms with Gasteiger partial charge in [-0.15, -0.1) is 0 Å². The molecule has 0 radical (unpaired) electrons. The van der Waals surface area contributed by atoms with Crippen LogP contribution in [0, 0.1) is 5.82 Å². The molecule has 0 spiro atoms. The van der Waals surface area contributed by atoms with Gasteiger partial charge in [-0.05, 0) is 12.1 Å². The van der Waals surface area contributed by atoms with Gasteiger partial charge in [0.1, 0.15) is 11.3 Å². The molecule has 3 aromatic rings. The van der Waals surface area contributed by atoms with Crippen molar-refractivity contribution in [3.05, 3.63) is 39.8 Å². The summed E-state index contributed by atoms with van der Waals surface area (Å²) in [6, 6.07) is 2.48. The van der Waals surface area contributed by atoms with E-state index in [0.29, 0.717) is 5.56 Å². The molecule has 2 heterocycles. The van der Waals surface area contributed by atoms with Crippen LogP contribution in [0.4, 0.5) is 13.2 Å². The Kier molecular flexibility index (Phi) is 3.49. The Morgan fingerprint density at radius 3 is 2.64 bits per heavy atom. The molecule has 10 heteroatoms. The van der Waals surface area contributed by atoms with Crippen LogP contribution in [0.5, 0.6) is 5.88 Å². The van der Waals surface area contributed by atoms with Crippen LogP contribution < -0.4 is 10.4 Å². The van der Waals surface area contributed by atoms with E-state index in [1.807, 2.05) is 0 Å². The molecule has 6 nitrogen and oxygen atoms in total. The van der Waals surface area contributed by atoms with Crippen LogP contribution in [0.15, 0.2) is 23.1 Å². The third kappa shape index (κ3) is 2.50. The number of imidazole rings is 1. The molecule has 0 amide bonds. The summed E-state index contributed by atoms with van der Waals surface area (Å²) in [5.74, 6) is -1.16. The number of aromatic nitrogens is 4. The van der Waals surface area contributed by atoms with Gasteiger partial charge in [0.15, 0.2) is 5.15 Å². The molecule has 0 aliphatic rings. The minimum atomic E-state index is -3.09. The van der Waals surface area contributed by atoms with E-state index in [2.05, 4.69) is 24.7 Å². The summed E-state index contributed by atoms with van der Waals surface area (Å²) in [6.07, 6.45) is 1.13. The molecule has 3 rings (SSSR count). The van der Waals surface area contributed by atoms with Crippen LogP contribution in [0.3, 0.4) is 0 Å². The molecule has 2 aromatic heterocycles. The third-order valence-electron chi connectivity index (χ3n) is 2.81. The van der Waals surface area contributed by atoms with Gasteiger partial charge in [-0.3, -0.25) is 0 Å². The van der Waals surface area contributed by atoms with Gasteiger partial charge in [0.25, 0.3) is 5.88 Å². The number of halogens is 4. The number of H-pyrrole nitrogens is 2. The smallest absolute Gasteiger partial charge is 0.388 e. The van der Waals surface area contributed by atoms with E-state index in [9.17, 15) is 18.0 Å². The molecule has 0 saturated carbocycles. The highest BCUT2D eigenvalue weighted by molar-refractivity contribution is 6.30. The molecule has 0 aliphatic heterocycles. The standard InChI is InChI=1S/C12H6ClF3N4O2/c13-9-10(22-11(15)16)17-3-6(18-9)4-1-2-5(14)8-7(4)19-12(21)20-8/h1-3,11H,(H2,19,20,21). The first-order valence-corrected chi connectivity index (χ1v) is 6.21. The van der Waals surface area contributed by atoms with Crippen molar-refractivity contribution in [1.29, 1.82) is 0 Å². The van der Waals surface area contributed by atoms with Crippen molar-refractivity contribution < 1.29 is 17.9 Å². The lowest BCUT2D eigenvalue weighted by Crippen LogP contribution is -2.05. The van der Waals surface area contributed by atoms with Gasteiger partial charge in [0, 0.05) is 5.56 Å². The predicted molar refractivity (Wildman–Crippen MR) is 71.5 cm³/mol. The van der Waals surface area contributed by atoms with Crippen molar-refractivity contribution in [3.8, 4) is 17.1 Å². The average molecular weight is 331 g/mol. The van der Waals surface area contributed by atoms with E-state index in [1.54, 1.807) is 0 Å². The number of hydrogen-bond acceptors (Lipinski definition) is 4. The first-order valence-electron chi connectivity index (χ1n) is 5.84. The van der Waals surface area contributed by atoms with E-state index in [1.165, 1.54) is 6.07 Å². The summed E-state index contributed by atoms with van der Waals surface area (Å²) in [7, 11) is 0. The molecule has 0 unspecified atom stereocenters. The zero-order valence-electron chi connectivity index (χ0n) is 10.5. The lowest BCUT2D eigenvalue weighted by atomic mass is 10.1. The van der Waals surface area contributed by atoms with Crippen LogP contribution in [0.2, 0.25) is 5.15 Å². The fourth-order valence-electron chi connectivity index (χ4n) is 1.95. The lowest BCUT2D eigenvalue weighted by Gasteiger charge is -2.07. The van der Waals surface area contributed by atoms with E-state index >= 15 is 0 Å². The largest absolute Gasteiger partial charge is 0.414 e. The van der Waals surface area contributed by atoms with Crippen molar-refractivity contribution in [3.63, 3.8) is 0 Å². The monoisotopic (exact) mass is 330 g/mol. The van der Waals surface area contributed by atoms with E-state index in [0.717, 1.165) is 12.3 Å². The Morgan fingerprint density at radius 1 is 1.23 bits per heavy atom. The van der Waals surface area contributed by atoms with Crippen molar-refractivity contribution in [2.24, 2.45) is 0 Å². The highest BCUT2D eigenvalue weighted by Gasteiger charge is 2.16. The van der Waals surface area contributed by atoms with Gasteiger partial charge in [-0.1, -0.05) is 11.6 Å². The number of aromatic amines is 2. The Labute approximate surface area is 124 Å². The van der Waals surface area contributed by atoms with Crippen molar-refractivity contribution >= 4 is 22.6 Å². The number of hydrogen-bond donors (Lipinski definition) is 2. The Morgan fingerprint density at radius 2 is 1.95 bits per heavy atom. The number of alkyl halides is 2. The first kappa shape index (κ1) is 14.4. The first-order chi connectivity index (χ1) is 10.5. The summed E-state index contributed by atoms with van der Waals surface area (Å²) in [4.78, 5) is 23.6. The molecule has 22 heavy (non-hydrogen) atoms. The summed E-state index contributed by atoms with van der Waals surface area (Å²) in [6.45, 7) is -3.09. The van der Waals surface area contributed by atoms with Crippen molar-refractivity contribution in [1.82, 2.24) is 19.9 Å². The maximum absolute atomic E-state index is 13.6. The van der Waals surface area contributed by atoms with E-state index in [-0.39, 0.29) is 21.9 Å². The second-order valence-electron chi connectivity index (χ2n) is 4.15. The Hall–Kier alpha value is -2.55. The Balaban J connectivity index is 2.14. The van der Waals surface area contributed by atoms with E-state index < -0.39 is 24.0 Å². The van der Waals surface area contributed by atoms with Gasteiger partial charge in [-0.2, -0.15) is 8.78 Å². The van der Waals surface area contributed by atoms with Gasteiger partial charge in [-0.25, -0.2) is 19.2 Å². The van der Waals surface area contributed by atoms with Gasteiger partial charge in [0.2, 0.25) is 0 Å². The molecule has 0 aliphatic carbocycles. The molecule has 114 valence electrons. The zero-order valence-corrected chi connectivity index (χ0v) is 11.3. The third-order valence-corrected chi connectivity index (χ3v) is 3.05. The SMILES string of the molecule is O=c1[nH]c2c(F)ccc(-c3cnc(OC(F)F)c(Cl)n3)c2[nH]1. The lowest BCUT2D eigenvalue weighted by molar-refractivity contribution is -0.0530. The van der Waals surface area contributed by atoms with Crippen LogP contribution in [0.1, 0.15) is 0 Å². The zero-order chi connectivity index (χ0) is 15.9. The molecule has 0 fully saturated rings. The second-order valence-corrected chi connectivity index (χ2v) is 4.51. The number of rotatable bonds is 3. The predicted octanol–water partition coefficient (Wildman–Crippen LogP) is 2.71. The average Bonchev–Trinajstić information content (AvgIpc) is 2.84. The summed E-state index contributed by atoms with van der Waals surface area (Å²) < 4.78 is 42.0.